The fraction of sp³-hybridized carbons (Fsp3) is 0.652. The molecule has 30 heavy (non-hydrogen) atoms. The molecule has 1 aromatic carbocycles. The van der Waals surface area contributed by atoms with Crippen LogP contribution in [0.1, 0.15) is 55.1 Å². The summed E-state index contributed by atoms with van der Waals surface area (Å²) in [6, 6.07) is 8.02. The quantitative estimate of drug-likeness (QED) is 0.590. The Morgan fingerprint density at radius 3 is 2.33 bits per heavy atom. The molecule has 1 aliphatic heterocycles. The maximum atomic E-state index is 12.5. The van der Waals surface area contributed by atoms with Gasteiger partial charge in [-0.2, -0.15) is 0 Å². The molecule has 7 heteroatoms. The number of anilines is 1. The van der Waals surface area contributed by atoms with Gasteiger partial charge in [0.15, 0.2) is 0 Å². The number of carbonyl (C=O) groups is 2. The second-order valence-corrected chi connectivity index (χ2v) is 12.3. The fourth-order valence-corrected chi connectivity index (χ4v) is 9.21. The number of benzene rings is 1. The van der Waals surface area contributed by atoms with Crippen LogP contribution in [0.25, 0.3) is 0 Å². The summed E-state index contributed by atoms with van der Waals surface area (Å²) in [5, 5.41) is 9.19. The molecule has 6 rings (SSSR count). The average molecular weight is 446 g/mol. The molecular formula is C23H31N3O2S2. The lowest BCUT2D eigenvalue weighted by Gasteiger charge is -2.56. The van der Waals surface area contributed by atoms with Crippen LogP contribution in [0.15, 0.2) is 24.3 Å². The molecule has 4 saturated carbocycles. The van der Waals surface area contributed by atoms with Crippen molar-refractivity contribution in [3.63, 3.8) is 0 Å². The van der Waals surface area contributed by atoms with Gasteiger partial charge in [-0.25, -0.2) is 4.79 Å². The van der Waals surface area contributed by atoms with E-state index in [1.165, 1.54) is 36.3 Å². The lowest BCUT2D eigenvalue weighted by molar-refractivity contribution is -0.116. The van der Waals surface area contributed by atoms with E-state index >= 15 is 0 Å². The standard InChI is InChI=1S/C23H31N3O2S2/c27-20(25-19-3-1-2-18(11-19)21-29-6-7-30-21)4-5-24-22(28)26-23-12-15-8-16(13-23)10-17(9-15)14-23/h1-3,11,15-17,21H,4-10,12-14H2,(H,25,27)(H2,24,26,28). The van der Waals surface area contributed by atoms with E-state index in [0.29, 0.717) is 11.1 Å². The molecule has 0 spiro atoms. The largest absolute Gasteiger partial charge is 0.338 e. The summed E-state index contributed by atoms with van der Waals surface area (Å²) in [5.74, 6) is 4.72. The van der Waals surface area contributed by atoms with Gasteiger partial charge in [0.25, 0.3) is 0 Å². The van der Waals surface area contributed by atoms with Gasteiger partial charge in [0.1, 0.15) is 0 Å². The molecule has 1 heterocycles. The molecule has 162 valence electrons. The summed E-state index contributed by atoms with van der Waals surface area (Å²) in [7, 11) is 0. The smallest absolute Gasteiger partial charge is 0.315 e. The van der Waals surface area contributed by atoms with Crippen LogP contribution in [0.5, 0.6) is 0 Å². The molecule has 0 unspecified atom stereocenters. The van der Waals surface area contributed by atoms with Crippen molar-refractivity contribution in [2.45, 2.75) is 55.1 Å². The van der Waals surface area contributed by atoms with Crippen molar-refractivity contribution in [3.05, 3.63) is 29.8 Å². The van der Waals surface area contributed by atoms with Crippen molar-refractivity contribution in [2.24, 2.45) is 17.8 Å². The molecule has 5 aliphatic rings. The van der Waals surface area contributed by atoms with Gasteiger partial charge in [0.2, 0.25) is 5.91 Å². The topological polar surface area (TPSA) is 70.2 Å². The lowest BCUT2D eigenvalue weighted by Crippen LogP contribution is -2.61. The van der Waals surface area contributed by atoms with Gasteiger partial charge in [-0.05, 0) is 74.0 Å². The first-order valence-corrected chi connectivity index (χ1v) is 13.4. The van der Waals surface area contributed by atoms with Crippen LogP contribution in [0.4, 0.5) is 10.5 Å². The van der Waals surface area contributed by atoms with Gasteiger partial charge in [-0.15, -0.1) is 23.5 Å². The van der Waals surface area contributed by atoms with Crippen LogP contribution in [0.2, 0.25) is 0 Å². The van der Waals surface area contributed by atoms with Crippen LogP contribution in [-0.2, 0) is 4.79 Å². The zero-order valence-corrected chi connectivity index (χ0v) is 19.0. The van der Waals surface area contributed by atoms with Gasteiger partial charge in [-0.1, -0.05) is 12.1 Å². The van der Waals surface area contributed by atoms with Crippen molar-refractivity contribution in [1.82, 2.24) is 10.6 Å². The van der Waals surface area contributed by atoms with E-state index in [1.54, 1.807) is 0 Å². The molecule has 3 amide bonds. The molecule has 5 nitrogen and oxygen atoms in total. The highest BCUT2D eigenvalue weighted by Gasteiger charge is 2.51. The minimum Gasteiger partial charge on any atom is -0.338 e. The Labute approximate surface area is 187 Å². The molecule has 0 aromatic heterocycles. The van der Waals surface area contributed by atoms with Gasteiger partial charge in [0.05, 0.1) is 4.58 Å². The van der Waals surface area contributed by atoms with Crippen molar-refractivity contribution in [1.29, 1.82) is 0 Å². The number of hydrogen-bond acceptors (Lipinski definition) is 4. The Bertz CT molecular complexity index is 774. The molecule has 5 fully saturated rings. The maximum Gasteiger partial charge on any atom is 0.315 e. The second kappa shape index (κ2) is 8.65. The van der Waals surface area contributed by atoms with Crippen molar-refractivity contribution in [3.8, 4) is 0 Å². The number of carbonyl (C=O) groups excluding carboxylic acids is 2. The molecule has 1 aromatic rings. The third kappa shape index (κ3) is 4.62. The summed E-state index contributed by atoms with van der Waals surface area (Å²) in [4.78, 5) is 24.8. The molecule has 0 radical (unpaired) electrons. The molecule has 3 N–H and O–H groups in total. The predicted octanol–water partition coefficient (Wildman–Crippen LogP) is 4.76. The molecular weight excluding hydrogens is 414 g/mol. The second-order valence-electron chi connectivity index (χ2n) is 9.58. The van der Waals surface area contributed by atoms with Gasteiger partial charge in [-0.3, -0.25) is 4.79 Å². The SMILES string of the molecule is O=C(CCNC(=O)NC12CC3CC(CC(C3)C1)C2)Nc1cccc(C2SCCS2)c1. The van der Waals surface area contributed by atoms with Crippen LogP contribution in [0, 0.1) is 17.8 Å². The number of amides is 3. The van der Waals surface area contributed by atoms with E-state index in [1.807, 2.05) is 35.7 Å². The minimum atomic E-state index is -0.109. The fourth-order valence-electron chi connectivity index (χ4n) is 6.38. The first kappa shape index (κ1) is 20.6. The average Bonchev–Trinajstić information content (AvgIpc) is 3.21. The third-order valence-electron chi connectivity index (χ3n) is 7.12. The van der Waals surface area contributed by atoms with Gasteiger partial charge < -0.3 is 16.0 Å². The van der Waals surface area contributed by atoms with Crippen LogP contribution < -0.4 is 16.0 Å². The Kier molecular flexibility index (Phi) is 5.93. The van der Waals surface area contributed by atoms with Crippen LogP contribution >= 0.6 is 23.5 Å². The third-order valence-corrected chi connectivity index (χ3v) is 10.2. The van der Waals surface area contributed by atoms with Crippen molar-refractivity contribution < 1.29 is 9.59 Å². The monoisotopic (exact) mass is 445 g/mol. The zero-order chi connectivity index (χ0) is 20.6. The highest BCUT2D eigenvalue weighted by Crippen LogP contribution is 2.55. The first-order chi connectivity index (χ1) is 14.6. The lowest BCUT2D eigenvalue weighted by atomic mass is 9.53. The summed E-state index contributed by atoms with van der Waals surface area (Å²) >= 11 is 3.92. The van der Waals surface area contributed by atoms with E-state index in [9.17, 15) is 9.59 Å². The molecule has 0 atom stereocenters. The summed E-state index contributed by atoms with van der Waals surface area (Å²) in [6.07, 6.45) is 7.79. The van der Waals surface area contributed by atoms with E-state index in [4.69, 9.17) is 0 Å². The number of rotatable bonds is 6. The highest BCUT2D eigenvalue weighted by molar-refractivity contribution is 8.19. The van der Waals surface area contributed by atoms with Crippen LogP contribution in [0.3, 0.4) is 0 Å². The predicted molar refractivity (Wildman–Crippen MR) is 125 cm³/mol. The number of thioether (sulfide) groups is 2. The maximum absolute atomic E-state index is 12.5. The molecule has 1 saturated heterocycles. The van der Waals surface area contributed by atoms with E-state index in [0.717, 1.165) is 42.7 Å². The van der Waals surface area contributed by atoms with E-state index in [-0.39, 0.29) is 23.9 Å². The zero-order valence-electron chi connectivity index (χ0n) is 17.3. The summed E-state index contributed by atoms with van der Waals surface area (Å²) in [5.41, 5.74) is 2.11. The normalized spacial score (nSPS) is 32.2. The van der Waals surface area contributed by atoms with Crippen molar-refractivity contribution in [2.75, 3.05) is 23.4 Å². The molecule has 4 aliphatic carbocycles. The molecule has 4 bridgehead atoms. The minimum absolute atomic E-state index is 0.0117. The van der Waals surface area contributed by atoms with Crippen LogP contribution in [-0.4, -0.2) is 35.5 Å². The van der Waals surface area contributed by atoms with Gasteiger partial charge in [0, 0.05) is 35.7 Å². The van der Waals surface area contributed by atoms with E-state index in [2.05, 4.69) is 28.1 Å². The van der Waals surface area contributed by atoms with Crippen molar-refractivity contribution >= 4 is 41.1 Å². The summed E-state index contributed by atoms with van der Waals surface area (Å²) in [6.45, 7) is 0.359. The number of urea groups is 1. The first-order valence-electron chi connectivity index (χ1n) is 11.3. The summed E-state index contributed by atoms with van der Waals surface area (Å²) < 4.78 is 0.469. The Morgan fingerprint density at radius 1 is 1.00 bits per heavy atom. The Hall–Kier alpha value is -1.34. The van der Waals surface area contributed by atoms with E-state index < -0.39 is 0 Å². The Morgan fingerprint density at radius 2 is 1.67 bits per heavy atom. The highest BCUT2D eigenvalue weighted by atomic mass is 32.2. The Balaban J connectivity index is 1.07. The van der Waals surface area contributed by atoms with Gasteiger partial charge >= 0.3 is 6.03 Å². The number of hydrogen-bond donors (Lipinski definition) is 3. The number of nitrogens with one attached hydrogen (secondary N) is 3.